The lowest BCUT2D eigenvalue weighted by Gasteiger charge is -2.26. The molecule has 7 nitrogen and oxygen atoms in total. The molecular weight excluding hydrogens is 262 g/mol. The van der Waals surface area contributed by atoms with Crippen LogP contribution in [-0.2, 0) is 24.0 Å². The number of ether oxygens (including phenoxy) is 1. The maximum atomic E-state index is 11.8. The van der Waals surface area contributed by atoms with Gasteiger partial charge in [-0.1, -0.05) is 6.92 Å². The first kappa shape index (κ1) is 17.3. The van der Waals surface area contributed by atoms with Crippen LogP contribution >= 0.6 is 0 Å². The Bertz CT molecular complexity index is 353. The highest BCUT2D eigenvalue weighted by molar-refractivity contribution is 7.84. The molecule has 0 rings (SSSR count). The van der Waals surface area contributed by atoms with E-state index in [0.29, 0.717) is 6.42 Å². The van der Waals surface area contributed by atoms with Gasteiger partial charge in [0, 0.05) is 6.04 Å². The van der Waals surface area contributed by atoms with Crippen LogP contribution in [0.25, 0.3) is 0 Å². The zero-order valence-electron chi connectivity index (χ0n) is 11.1. The summed E-state index contributed by atoms with van der Waals surface area (Å²) < 4.78 is 34.0. The maximum absolute atomic E-state index is 11.8. The third-order valence-electron chi connectivity index (χ3n) is 2.23. The molecule has 8 heteroatoms. The summed E-state index contributed by atoms with van der Waals surface area (Å²) in [5, 5.41) is 8.51. The van der Waals surface area contributed by atoms with Crippen molar-refractivity contribution < 1.29 is 27.2 Å². The number of hydrogen-bond donors (Lipinski definition) is 1. The molecule has 0 aromatic rings. The van der Waals surface area contributed by atoms with Crippen molar-refractivity contribution in [3.05, 3.63) is 0 Å². The van der Waals surface area contributed by atoms with Crippen molar-refractivity contribution in [2.75, 3.05) is 13.3 Å². The van der Waals surface area contributed by atoms with Crippen molar-refractivity contribution >= 4 is 16.3 Å². The molecule has 0 fully saturated rings. The fourth-order valence-electron chi connectivity index (χ4n) is 1.03. The molecule has 1 N–H and O–H groups in total. The molecule has 18 heavy (non-hydrogen) atoms. The van der Waals surface area contributed by atoms with Gasteiger partial charge in [-0.3, -0.25) is 0 Å². The summed E-state index contributed by atoms with van der Waals surface area (Å²) in [4.78, 5) is 10.9. The molecule has 1 unspecified atom stereocenters. The number of hydrogen-bond acceptors (Lipinski definition) is 6. The molecule has 0 amide bonds. The van der Waals surface area contributed by atoms with E-state index in [2.05, 4.69) is 4.18 Å². The number of nitrogens with zero attached hydrogens (tertiary/aromatic N) is 1. The molecule has 0 aliphatic heterocycles. The Hall–Kier alpha value is -0.700. The lowest BCUT2D eigenvalue weighted by molar-refractivity contribution is -0.137. The standard InChI is InChI=1S/C10H21NO6S/c1-5-9(4)11(7-16-8(2)3)18(14,15)17-10(13)6-12/h8-9,12H,5-7H2,1-4H3. The molecule has 0 aliphatic rings. The molecule has 0 bridgehead atoms. The third-order valence-corrected chi connectivity index (χ3v) is 3.67. The molecule has 0 aromatic carbocycles. The number of carbonyl (C=O) groups is 1. The minimum Gasteiger partial charge on any atom is -0.385 e. The predicted octanol–water partition coefficient (Wildman–Crippen LogP) is 0.250. The van der Waals surface area contributed by atoms with E-state index in [-0.39, 0.29) is 18.9 Å². The Kier molecular flexibility index (Phi) is 7.37. The fraction of sp³-hybridized carbons (Fsp3) is 0.900. The van der Waals surface area contributed by atoms with Crippen LogP contribution in [0.15, 0.2) is 0 Å². The largest absolute Gasteiger partial charge is 0.389 e. The monoisotopic (exact) mass is 283 g/mol. The first-order chi connectivity index (χ1) is 8.24. The Morgan fingerprint density at radius 3 is 2.28 bits per heavy atom. The van der Waals surface area contributed by atoms with Crippen molar-refractivity contribution in [3.8, 4) is 0 Å². The SMILES string of the molecule is CCC(C)N(COC(C)C)S(=O)(=O)OC(=O)CO. The normalized spacial score (nSPS) is 13.9. The van der Waals surface area contributed by atoms with E-state index >= 15 is 0 Å². The van der Waals surface area contributed by atoms with E-state index in [1.807, 2.05) is 0 Å². The molecule has 0 heterocycles. The second-order valence-corrected chi connectivity index (χ2v) is 5.55. The zero-order chi connectivity index (χ0) is 14.3. The van der Waals surface area contributed by atoms with Gasteiger partial charge < -0.3 is 14.0 Å². The van der Waals surface area contributed by atoms with Gasteiger partial charge in [0.1, 0.15) is 13.3 Å². The summed E-state index contributed by atoms with van der Waals surface area (Å²) >= 11 is 0. The lowest BCUT2D eigenvalue weighted by atomic mass is 10.3. The first-order valence-corrected chi connectivity index (χ1v) is 7.07. The van der Waals surface area contributed by atoms with Crippen molar-refractivity contribution in [1.82, 2.24) is 4.31 Å². The van der Waals surface area contributed by atoms with Gasteiger partial charge in [0.15, 0.2) is 0 Å². The van der Waals surface area contributed by atoms with Crippen LogP contribution in [0.2, 0.25) is 0 Å². The average Bonchev–Trinajstić information content (AvgIpc) is 2.27. The van der Waals surface area contributed by atoms with Crippen molar-refractivity contribution in [2.45, 2.75) is 46.3 Å². The Labute approximate surface area is 108 Å². The van der Waals surface area contributed by atoms with Crippen LogP contribution in [0.4, 0.5) is 0 Å². The van der Waals surface area contributed by atoms with Gasteiger partial charge in [-0.2, -0.15) is 8.42 Å². The van der Waals surface area contributed by atoms with Gasteiger partial charge in [0.2, 0.25) is 0 Å². The van der Waals surface area contributed by atoms with E-state index < -0.39 is 22.9 Å². The smallest absolute Gasteiger partial charge is 0.385 e. The summed E-state index contributed by atoms with van der Waals surface area (Å²) in [6.07, 6.45) is 0.387. The summed E-state index contributed by atoms with van der Waals surface area (Å²) in [5.41, 5.74) is 0. The van der Waals surface area contributed by atoms with Gasteiger partial charge in [0.25, 0.3) is 0 Å². The van der Waals surface area contributed by atoms with Gasteiger partial charge in [-0.15, -0.1) is 4.31 Å². The summed E-state index contributed by atoms with van der Waals surface area (Å²) in [6.45, 7) is 5.82. The zero-order valence-corrected chi connectivity index (χ0v) is 11.9. The summed E-state index contributed by atoms with van der Waals surface area (Å²) in [6, 6.07) is -0.375. The number of carbonyl (C=O) groups excluding carboxylic acids is 1. The second kappa shape index (κ2) is 7.67. The molecule has 0 saturated carbocycles. The molecule has 0 aromatic heterocycles. The fourth-order valence-corrected chi connectivity index (χ4v) is 2.19. The van der Waals surface area contributed by atoms with Crippen molar-refractivity contribution in [1.29, 1.82) is 0 Å². The molecule has 0 saturated heterocycles. The highest BCUT2D eigenvalue weighted by Gasteiger charge is 2.30. The van der Waals surface area contributed by atoms with E-state index in [1.165, 1.54) is 0 Å². The quantitative estimate of drug-likeness (QED) is 0.642. The van der Waals surface area contributed by atoms with Crippen molar-refractivity contribution in [2.24, 2.45) is 0 Å². The van der Waals surface area contributed by atoms with E-state index in [0.717, 1.165) is 4.31 Å². The van der Waals surface area contributed by atoms with E-state index in [9.17, 15) is 13.2 Å². The number of rotatable bonds is 8. The number of aliphatic hydroxyl groups excluding tert-OH is 1. The number of aliphatic hydroxyl groups is 1. The minimum absolute atomic E-state index is 0.153. The Balaban J connectivity index is 4.88. The molecule has 0 spiro atoms. The van der Waals surface area contributed by atoms with Crippen molar-refractivity contribution in [3.63, 3.8) is 0 Å². The lowest BCUT2D eigenvalue weighted by Crippen LogP contribution is -2.42. The minimum atomic E-state index is -4.24. The maximum Gasteiger partial charge on any atom is 0.389 e. The second-order valence-electron chi connectivity index (χ2n) is 4.06. The van der Waals surface area contributed by atoms with Gasteiger partial charge in [-0.25, -0.2) is 4.79 Å². The predicted molar refractivity (Wildman–Crippen MR) is 64.8 cm³/mol. The van der Waals surface area contributed by atoms with Gasteiger partial charge in [0.05, 0.1) is 6.10 Å². The van der Waals surface area contributed by atoms with Gasteiger partial charge >= 0.3 is 16.3 Å². The van der Waals surface area contributed by atoms with Gasteiger partial charge in [-0.05, 0) is 27.2 Å². The van der Waals surface area contributed by atoms with E-state index in [4.69, 9.17) is 9.84 Å². The highest BCUT2D eigenvalue weighted by atomic mass is 32.2. The van der Waals surface area contributed by atoms with E-state index in [1.54, 1.807) is 27.7 Å². The van der Waals surface area contributed by atoms with Crippen LogP contribution in [-0.4, -0.2) is 49.3 Å². The first-order valence-electron chi connectivity index (χ1n) is 5.71. The van der Waals surface area contributed by atoms with Crippen LogP contribution in [0.3, 0.4) is 0 Å². The molecular formula is C10H21NO6S. The molecule has 108 valence electrons. The third kappa shape index (κ3) is 5.76. The Morgan fingerprint density at radius 2 is 1.89 bits per heavy atom. The topological polar surface area (TPSA) is 93.1 Å². The molecule has 1 atom stereocenters. The Morgan fingerprint density at radius 1 is 1.33 bits per heavy atom. The summed E-state index contributed by atoms with van der Waals surface area (Å²) in [5.74, 6) is -1.21. The average molecular weight is 283 g/mol. The molecule has 0 radical (unpaired) electrons. The van der Waals surface area contributed by atoms with Crippen LogP contribution in [0, 0.1) is 0 Å². The summed E-state index contributed by atoms with van der Waals surface area (Å²) in [7, 11) is -4.24. The highest BCUT2D eigenvalue weighted by Crippen LogP contribution is 2.12. The molecule has 0 aliphatic carbocycles. The van der Waals surface area contributed by atoms with Crippen LogP contribution in [0.5, 0.6) is 0 Å². The van der Waals surface area contributed by atoms with Crippen LogP contribution in [0.1, 0.15) is 34.1 Å². The van der Waals surface area contributed by atoms with Crippen LogP contribution < -0.4 is 0 Å².